The van der Waals surface area contributed by atoms with E-state index < -0.39 is 0 Å². The van der Waals surface area contributed by atoms with Gasteiger partial charge in [-0.3, -0.25) is 14.6 Å². The number of benzene rings is 2. The Hall–Kier alpha value is -4.32. The van der Waals surface area contributed by atoms with Gasteiger partial charge in [-0.05, 0) is 66.9 Å². The van der Waals surface area contributed by atoms with Crippen molar-refractivity contribution in [1.82, 2.24) is 20.1 Å². The van der Waals surface area contributed by atoms with Gasteiger partial charge in [-0.1, -0.05) is 11.6 Å². The summed E-state index contributed by atoms with van der Waals surface area (Å²) in [6.07, 6.45) is 5.46. The molecule has 2 aromatic carbocycles. The van der Waals surface area contributed by atoms with E-state index in [9.17, 15) is 9.18 Å². The Kier molecular flexibility index (Phi) is 8.37. The number of hydrogen-bond donors (Lipinski definition) is 2. The first-order valence-corrected chi connectivity index (χ1v) is 14.9. The summed E-state index contributed by atoms with van der Waals surface area (Å²) in [5, 5.41) is 15.3. The molecule has 5 aromatic rings. The minimum atomic E-state index is -0.356. The molecule has 0 spiro atoms. The predicted octanol–water partition coefficient (Wildman–Crippen LogP) is 5.58. The molecule has 43 heavy (non-hydrogen) atoms. The van der Waals surface area contributed by atoms with Crippen LogP contribution in [0.4, 0.5) is 10.1 Å². The second-order valence-electron chi connectivity index (χ2n) is 10.2. The van der Waals surface area contributed by atoms with Gasteiger partial charge < -0.3 is 20.1 Å². The Morgan fingerprint density at radius 3 is 2.63 bits per heavy atom. The molecular formula is C31H27ClFN5O4S. The second kappa shape index (κ2) is 12.5. The van der Waals surface area contributed by atoms with Gasteiger partial charge in [0.05, 0.1) is 29.0 Å². The fourth-order valence-electron chi connectivity index (χ4n) is 5.46. The van der Waals surface area contributed by atoms with E-state index >= 15 is 0 Å². The standard InChI is InChI=1S/C30H25ClFN5O2S.CH2O2/c31-19-10-18-2-1-9-36(21-14-33-15-21)29(18)26(11-19)25-7-8-34-27-13-24(40-30(25)27)17-37-28(38)12-23(16-35-37)39-22-5-3-20(32)4-6-22;2-1-3/h3-8,10-13,16,21,33H,1-2,9,14-15,17H2;1H,(H,2,3). The number of pyridine rings is 1. The maximum Gasteiger partial charge on any atom is 0.290 e. The fraction of sp³-hybridized carbons (Fsp3) is 0.226. The van der Waals surface area contributed by atoms with Crippen molar-refractivity contribution in [3.63, 3.8) is 0 Å². The molecule has 220 valence electrons. The quantitative estimate of drug-likeness (QED) is 0.237. The first-order valence-electron chi connectivity index (χ1n) is 13.7. The number of nitrogens with zero attached hydrogens (tertiary/aromatic N) is 4. The van der Waals surface area contributed by atoms with Crippen molar-refractivity contribution in [2.75, 3.05) is 24.5 Å². The Morgan fingerprint density at radius 1 is 1.12 bits per heavy atom. The molecule has 1 saturated heterocycles. The van der Waals surface area contributed by atoms with Crippen molar-refractivity contribution in [3.8, 4) is 22.6 Å². The number of aryl methyl sites for hydroxylation is 1. The largest absolute Gasteiger partial charge is 0.483 e. The van der Waals surface area contributed by atoms with Crippen molar-refractivity contribution in [2.24, 2.45) is 0 Å². The molecule has 2 aliphatic rings. The molecule has 9 nitrogen and oxygen atoms in total. The van der Waals surface area contributed by atoms with E-state index in [-0.39, 0.29) is 17.8 Å². The lowest BCUT2D eigenvalue weighted by Crippen LogP contribution is -2.58. The molecule has 0 unspecified atom stereocenters. The molecule has 12 heteroatoms. The van der Waals surface area contributed by atoms with Crippen molar-refractivity contribution in [2.45, 2.75) is 25.4 Å². The number of anilines is 1. The van der Waals surface area contributed by atoms with Gasteiger partial charge in [0.1, 0.15) is 11.6 Å². The number of thiophene rings is 1. The van der Waals surface area contributed by atoms with Gasteiger partial charge >= 0.3 is 0 Å². The average Bonchev–Trinajstić information content (AvgIpc) is 3.38. The zero-order valence-electron chi connectivity index (χ0n) is 22.9. The number of nitrogens with one attached hydrogen (secondary N) is 1. The summed E-state index contributed by atoms with van der Waals surface area (Å²) < 4.78 is 21.3. The number of halogens is 2. The Labute approximate surface area is 255 Å². The van der Waals surface area contributed by atoms with Crippen LogP contribution < -0.4 is 20.5 Å². The zero-order valence-corrected chi connectivity index (χ0v) is 24.4. The molecular weight excluding hydrogens is 593 g/mol. The highest BCUT2D eigenvalue weighted by Gasteiger charge is 2.31. The summed E-state index contributed by atoms with van der Waals surface area (Å²) in [6, 6.07) is 15.7. The van der Waals surface area contributed by atoms with Gasteiger partial charge in [-0.15, -0.1) is 11.3 Å². The van der Waals surface area contributed by atoms with Crippen molar-refractivity contribution >= 4 is 45.3 Å². The number of hydrogen-bond acceptors (Lipinski definition) is 8. The second-order valence-corrected chi connectivity index (χ2v) is 11.8. The Balaban J connectivity index is 0.00000105. The van der Waals surface area contributed by atoms with Crippen LogP contribution in [0.1, 0.15) is 16.9 Å². The van der Waals surface area contributed by atoms with Crippen LogP contribution in [0.2, 0.25) is 5.02 Å². The van der Waals surface area contributed by atoms with Gasteiger partial charge in [0, 0.05) is 58.6 Å². The molecule has 3 aromatic heterocycles. The number of rotatable bonds is 6. The molecule has 2 aliphatic heterocycles. The minimum Gasteiger partial charge on any atom is -0.483 e. The molecule has 0 bridgehead atoms. The zero-order chi connectivity index (χ0) is 29.9. The van der Waals surface area contributed by atoms with Crippen LogP contribution in [-0.2, 0) is 17.8 Å². The first kappa shape index (κ1) is 28.8. The summed E-state index contributed by atoms with van der Waals surface area (Å²) in [7, 11) is 0. The van der Waals surface area contributed by atoms with Crippen LogP contribution in [0.15, 0.2) is 71.8 Å². The molecule has 0 aliphatic carbocycles. The summed E-state index contributed by atoms with van der Waals surface area (Å²) in [4.78, 5) is 29.4. The van der Waals surface area contributed by atoms with Crippen LogP contribution >= 0.6 is 22.9 Å². The van der Waals surface area contributed by atoms with Gasteiger partial charge in [-0.2, -0.15) is 5.10 Å². The van der Waals surface area contributed by atoms with E-state index in [1.807, 2.05) is 12.3 Å². The lowest BCUT2D eigenvalue weighted by atomic mass is 9.92. The Bertz CT molecular complexity index is 1840. The highest BCUT2D eigenvalue weighted by Crippen LogP contribution is 2.44. The molecule has 0 saturated carbocycles. The molecule has 7 rings (SSSR count). The van der Waals surface area contributed by atoms with Gasteiger partial charge in [0.25, 0.3) is 12.0 Å². The molecule has 0 atom stereocenters. The highest BCUT2D eigenvalue weighted by atomic mass is 35.5. The summed E-state index contributed by atoms with van der Waals surface area (Å²) in [5.74, 6) is 0.369. The molecule has 1 fully saturated rings. The monoisotopic (exact) mass is 619 g/mol. The van der Waals surface area contributed by atoms with Crippen LogP contribution in [0.5, 0.6) is 11.5 Å². The predicted molar refractivity (Wildman–Crippen MR) is 165 cm³/mol. The van der Waals surface area contributed by atoms with Gasteiger partial charge in [-0.25, -0.2) is 9.07 Å². The van der Waals surface area contributed by atoms with E-state index in [2.05, 4.69) is 38.5 Å². The van der Waals surface area contributed by atoms with Gasteiger partial charge in [0.15, 0.2) is 5.75 Å². The fourth-order valence-corrected chi connectivity index (χ4v) is 6.82. The normalized spacial score (nSPS) is 14.4. The van der Waals surface area contributed by atoms with Gasteiger partial charge in [0.2, 0.25) is 0 Å². The van der Waals surface area contributed by atoms with Crippen molar-refractivity contribution < 1.29 is 19.0 Å². The van der Waals surface area contributed by atoms with Crippen molar-refractivity contribution in [1.29, 1.82) is 0 Å². The summed E-state index contributed by atoms with van der Waals surface area (Å²) in [6.45, 7) is 3.08. The van der Waals surface area contributed by atoms with E-state index in [0.29, 0.717) is 24.1 Å². The number of carbonyl (C=O) groups is 1. The number of ether oxygens (including phenoxy) is 1. The lowest BCUT2D eigenvalue weighted by molar-refractivity contribution is -0.122. The van der Waals surface area contributed by atoms with Crippen LogP contribution in [0.25, 0.3) is 21.3 Å². The minimum absolute atomic E-state index is 0.250. The third-order valence-corrected chi connectivity index (χ3v) is 8.80. The first-order chi connectivity index (χ1) is 20.9. The van der Waals surface area contributed by atoms with Crippen LogP contribution in [0.3, 0.4) is 0 Å². The number of aromatic nitrogens is 3. The average molecular weight is 620 g/mol. The topological polar surface area (TPSA) is 110 Å². The number of carboxylic acid groups (broad SMARTS) is 1. The van der Waals surface area contributed by atoms with Crippen LogP contribution in [0, 0.1) is 5.82 Å². The third kappa shape index (κ3) is 6.10. The smallest absolute Gasteiger partial charge is 0.290 e. The van der Waals surface area contributed by atoms with E-state index in [0.717, 1.165) is 63.7 Å². The third-order valence-electron chi connectivity index (χ3n) is 7.44. The van der Waals surface area contributed by atoms with E-state index in [1.54, 1.807) is 11.3 Å². The molecule has 5 heterocycles. The molecule has 0 radical (unpaired) electrons. The summed E-state index contributed by atoms with van der Waals surface area (Å²) in [5.41, 5.74) is 5.39. The van der Waals surface area contributed by atoms with E-state index in [1.165, 1.54) is 52.5 Å². The SMILES string of the molecule is O=CO.O=c1cc(Oc2ccc(F)cc2)cnn1Cc1cc2nccc(-c3cc(Cl)cc4c3N(C3CNC3)CCC4)c2s1. The van der Waals surface area contributed by atoms with Crippen molar-refractivity contribution in [3.05, 3.63) is 98.6 Å². The maximum absolute atomic E-state index is 13.2. The lowest BCUT2D eigenvalue weighted by Gasteiger charge is -2.44. The Morgan fingerprint density at radius 2 is 1.91 bits per heavy atom. The van der Waals surface area contributed by atoms with Crippen LogP contribution in [-0.4, -0.2) is 52.0 Å². The summed E-state index contributed by atoms with van der Waals surface area (Å²) >= 11 is 8.26. The van der Waals surface area contributed by atoms with E-state index in [4.69, 9.17) is 26.2 Å². The molecule has 0 amide bonds. The molecule has 2 N–H and O–H groups in total. The maximum atomic E-state index is 13.2. The highest BCUT2D eigenvalue weighted by molar-refractivity contribution is 7.19. The number of fused-ring (bicyclic) bond motifs is 2.